The summed E-state index contributed by atoms with van der Waals surface area (Å²) in [5, 5.41) is 17.2. The number of nitrogens with zero attached hydrogens (tertiary/aromatic N) is 6. The molecule has 2 saturated heterocycles. The number of amides is 1. The van der Waals surface area contributed by atoms with E-state index in [0.717, 1.165) is 110 Å². The summed E-state index contributed by atoms with van der Waals surface area (Å²) in [6.07, 6.45) is 12.0. The summed E-state index contributed by atoms with van der Waals surface area (Å²) in [4.78, 5) is 31.7. The molecule has 0 bridgehead atoms. The number of fused-ring (bicyclic) bond motifs is 2. The number of carbonyl (C=O) groups excluding carboxylic acids is 1. The van der Waals surface area contributed by atoms with E-state index in [1.54, 1.807) is 0 Å². The Morgan fingerprint density at radius 2 is 1.89 bits per heavy atom. The number of aliphatic hydroxyl groups is 1. The summed E-state index contributed by atoms with van der Waals surface area (Å²) in [7, 11) is 0. The molecule has 0 saturated carbocycles. The Morgan fingerprint density at radius 1 is 1.02 bits per heavy atom. The van der Waals surface area contributed by atoms with Crippen molar-refractivity contribution in [3.63, 3.8) is 0 Å². The Hall–Kier alpha value is -3.67. The molecule has 10 nitrogen and oxygen atoms in total. The lowest BCUT2D eigenvalue weighted by atomic mass is 9.96. The Morgan fingerprint density at radius 3 is 2.66 bits per heavy atom. The van der Waals surface area contributed by atoms with Gasteiger partial charge in [0.1, 0.15) is 5.82 Å². The van der Waals surface area contributed by atoms with E-state index >= 15 is 0 Å². The highest BCUT2D eigenvalue weighted by atomic mass is 32.1. The van der Waals surface area contributed by atoms with E-state index in [4.69, 9.17) is 4.98 Å². The SMILES string of the molecule is CC(C)N1CCN(c2ccc(Nc3cc(N4CCC[C@H](NC(=O)c5cc6c(s5)CCC[C@H]6O)C4)cn4ccnc34)nc2)CC1. The smallest absolute Gasteiger partial charge is 0.261 e. The Kier molecular flexibility index (Phi) is 8.17. The van der Waals surface area contributed by atoms with Gasteiger partial charge in [-0.2, -0.15) is 0 Å². The summed E-state index contributed by atoms with van der Waals surface area (Å²) in [5.74, 6) is 0.747. The van der Waals surface area contributed by atoms with Gasteiger partial charge in [0, 0.05) is 74.8 Å². The lowest BCUT2D eigenvalue weighted by Gasteiger charge is -2.38. The zero-order valence-corrected chi connectivity index (χ0v) is 26.4. The molecule has 7 rings (SSSR count). The van der Waals surface area contributed by atoms with Crippen LogP contribution < -0.4 is 20.4 Å². The number of hydrogen-bond donors (Lipinski definition) is 3. The summed E-state index contributed by atoms with van der Waals surface area (Å²) >= 11 is 1.53. The number of aryl methyl sites for hydroxylation is 1. The summed E-state index contributed by atoms with van der Waals surface area (Å²) in [6.45, 7) is 10.3. The molecule has 4 aromatic rings. The molecule has 2 fully saturated rings. The fourth-order valence-corrected chi connectivity index (χ4v) is 7.96. The first-order valence-electron chi connectivity index (χ1n) is 16.0. The van der Waals surface area contributed by atoms with Crippen molar-refractivity contribution < 1.29 is 9.90 Å². The molecule has 0 spiro atoms. The predicted octanol–water partition coefficient (Wildman–Crippen LogP) is 4.83. The molecule has 6 heterocycles. The molecule has 4 aromatic heterocycles. The number of thiophene rings is 1. The molecule has 11 heteroatoms. The van der Waals surface area contributed by atoms with Crippen LogP contribution in [0.15, 0.2) is 49.1 Å². The van der Waals surface area contributed by atoms with E-state index in [-0.39, 0.29) is 11.9 Å². The molecular formula is C33H42N8O2S. The number of piperidine rings is 1. The second kappa shape index (κ2) is 12.4. The molecule has 232 valence electrons. The average molecular weight is 615 g/mol. The molecule has 44 heavy (non-hydrogen) atoms. The topological polar surface area (TPSA) is 101 Å². The maximum Gasteiger partial charge on any atom is 0.261 e. The molecule has 2 atom stereocenters. The minimum atomic E-state index is -0.443. The highest BCUT2D eigenvalue weighted by molar-refractivity contribution is 7.14. The average Bonchev–Trinajstić information content (AvgIpc) is 3.70. The second-order valence-electron chi connectivity index (χ2n) is 12.6. The van der Waals surface area contributed by atoms with Crippen LogP contribution in [0.2, 0.25) is 0 Å². The van der Waals surface area contributed by atoms with Crippen molar-refractivity contribution in [3.05, 3.63) is 64.4 Å². The Labute approximate surface area is 262 Å². The van der Waals surface area contributed by atoms with Crippen molar-refractivity contribution in [2.45, 2.75) is 64.1 Å². The van der Waals surface area contributed by atoms with Gasteiger partial charge in [0.2, 0.25) is 0 Å². The van der Waals surface area contributed by atoms with Crippen LogP contribution in [0.4, 0.5) is 22.9 Å². The molecule has 1 aliphatic carbocycles. The van der Waals surface area contributed by atoms with E-state index in [0.29, 0.717) is 10.9 Å². The van der Waals surface area contributed by atoms with Crippen LogP contribution in [-0.2, 0) is 6.42 Å². The number of piperazine rings is 1. The fraction of sp³-hybridized carbons (Fsp3) is 0.485. The molecule has 0 aromatic carbocycles. The molecule has 3 N–H and O–H groups in total. The van der Waals surface area contributed by atoms with Crippen LogP contribution in [0.1, 0.15) is 65.7 Å². The summed E-state index contributed by atoms with van der Waals surface area (Å²) in [5.41, 5.74) is 4.91. The number of pyridine rings is 2. The number of rotatable bonds is 7. The zero-order valence-electron chi connectivity index (χ0n) is 25.6. The van der Waals surface area contributed by atoms with Gasteiger partial charge in [0.05, 0.1) is 34.2 Å². The van der Waals surface area contributed by atoms with Gasteiger partial charge >= 0.3 is 0 Å². The number of aliphatic hydroxyl groups excluding tert-OH is 1. The maximum atomic E-state index is 13.2. The van der Waals surface area contributed by atoms with E-state index in [1.807, 2.05) is 35.1 Å². The lowest BCUT2D eigenvalue weighted by Crippen LogP contribution is -2.48. The van der Waals surface area contributed by atoms with Crippen LogP contribution in [0.3, 0.4) is 0 Å². The third kappa shape index (κ3) is 6.00. The van der Waals surface area contributed by atoms with Crippen molar-refractivity contribution in [2.24, 2.45) is 0 Å². The van der Waals surface area contributed by atoms with Crippen LogP contribution in [0.5, 0.6) is 0 Å². The molecule has 2 aliphatic heterocycles. The van der Waals surface area contributed by atoms with Gasteiger partial charge in [0.25, 0.3) is 5.91 Å². The number of carbonyl (C=O) groups is 1. The molecule has 0 unspecified atom stereocenters. The first kappa shape index (κ1) is 29.1. The number of imidazole rings is 1. The molecular weight excluding hydrogens is 572 g/mol. The van der Waals surface area contributed by atoms with Crippen molar-refractivity contribution in [2.75, 3.05) is 54.4 Å². The summed E-state index contributed by atoms with van der Waals surface area (Å²) in [6, 6.07) is 8.87. The van der Waals surface area contributed by atoms with E-state index in [2.05, 4.69) is 62.5 Å². The van der Waals surface area contributed by atoms with E-state index in [9.17, 15) is 9.90 Å². The van der Waals surface area contributed by atoms with Gasteiger partial charge in [-0.25, -0.2) is 9.97 Å². The third-order valence-corrected chi connectivity index (χ3v) is 10.5. The molecule has 0 radical (unpaired) electrons. The lowest BCUT2D eigenvalue weighted by molar-refractivity contribution is 0.0937. The molecule has 1 amide bonds. The van der Waals surface area contributed by atoms with Crippen LogP contribution >= 0.6 is 11.3 Å². The standard InChI is InChI=1S/C33H42N8O2S/c1-22(2)38-13-15-39(16-14-38)24-8-9-31(35-19-24)37-27-17-25(21-41-12-10-34-32(27)41)40-11-4-5-23(20-40)36-33(43)30-18-26-28(42)6-3-7-29(26)44-30/h8-10,12,17-19,21-23,28,42H,3-7,11,13-16,20H2,1-2H3,(H,35,37)(H,36,43)/t23-,28+/m0/s1. The van der Waals surface area contributed by atoms with Crippen molar-refractivity contribution in [1.82, 2.24) is 24.6 Å². The van der Waals surface area contributed by atoms with Gasteiger partial charge in [-0.15, -0.1) is 11.3 Å². The first-order valence-corrected chi connectivity index (χ1v) is 16.8. The van der Waals surface area contributed by atoms with Crippen LogP contribution in [0, 0.1) is 0 Å². The number of anilines is 4. The van der Waals surface area contributed by atoms with Crippen LogP contribution in [0.25, 0.3) is 5.65 Å². The minimum Gasteiger partial charge on any atom is -0.388 e. The normalized spacial score (nSPS) is 21.1. The van der Waals surface area contributed by atoms with E-state index in [1.165, 1.54) is 11.3 Å². The first-order chi connectivity index (χ1) is 21.4. The van der Waals surface area contributed by atoms with Crippen molar-refractivity contribution in [1.29, 1.82) is 0 Å². The highest BCUT2D eigenvalue weighted by Crippen LogP contribution is 2.36. The number of nitrogens with one attached hydrogen (secondary N) is 2. The Balaban J connectivity index is 1.03. The van der Waals surface area contributed by atoms with Gasteiger partial charge in [-0.1, -0.05) is 0 Å². The molecule has 3 aliphatic rings. The minimum absolute atomic E-state index is 0.0350. The van der Waals surface area contributed by atoms with Gasteiger partial charge in [-0.3, -0.25) is 9.69 Å². The predicted molar refractivity (Wildman–Crippen MR) is 177 cm³/mol. The number of hydrogen-bond acceptors (Lipinski definition) is 9. The fourth-order valence-electron chi connectivity index (χ4n) is 6.79. The highest BCUT2D eigenvalue weighted by Gasteiger charge is 2.27. The Bertz CT molecular complexity index is 1610. The van der Waals surface area contributed by atoms with Crippen molar-refractivity contribution in [3.8, 4) is 0 Å². The monoisotopic (exact) mass is 614 g/mol. The van der Waals surface area contributed by atoms with Crippen molar-refractivity contribution >= 4 is 45.8 Å². The zero-order chi connectivity index (χ0) is 30.2. The second-order valence-corrected chi connectivity index (χ2v) is 13.7. The van der Waals surface area contributed by atoms with E-state index < -0.39 is 6.10 Å². The quantitative estimate of drug-likeness (QED) is 0.272. The maximum absolute atomic E-state index is 13.2. The van der Waals surface area contributed by atoms with Gasteiger partial charge < -0.3 is 29.9 Å². The van der Waals surface area contributed by atoms with Gasteiger partial charge in [-0.05, 0) is 75.8 Å². The van der Waals surface area contributed by atoms with Gasteiger partial charge in [0.15, 0.2) is 5.65 Å². The summed E-state index contributed by atoms with van der Waals surface area (Å²) < 4.78 is 2.05. The number of aromatic nitrogens is 3. The van der Waals surface area contributed by atoms with Crippen LogP contribution in [-0.4, -0.2) is 81.6 Å². The largest absolute Gasteiger partial charge is 0.388 e. The third-order valence-electron chi connectivity index (χ3n) is 9.32.